The Morgan fingerprint density at radius 1 is 1.14 bits per heavy atom. The van der Waals surface area contributed by atoms with E-state index in [9.17, 15) is 9.59 Å². The number of nitrogens with zero attached hydrogens (tertiary/aromatic N) is 2. The van der Waals surface area contributed by atoms with Crippen LogP contribution in [0.2, 0.25) is 0 Å². The maximum atomic E-state index is 13.1. The number of carbonyl (C=O) groups excluding carboxylic acids is 2. The molecule has 28 heavy (non-hydrogen) atoms. The zero-order valence-electron chi connectivity index (χ0n) is 16.4. The molecule has 4 rings (SSSR count). The lowest BCUT2D eigenvalue weighted by atomic mass is 10.0. The van der Waals surface area contributed by atoms with E-state index in [0.717, 1.165) is 18.4 Å². The van der Waals surface area contributed by atoms with Gasteiger partial charge in [0.1, 0.15) is 12.3 Å². The minimum atomic E-state index is -0.177. The number of carbonyl (C=O) groups is 2. The Bertz CT molecular complexity index is 872. The van der Waals surface area contributed by atoms with E-state index in [1.54, 1.807) is 4.90 Å². The Morgan fingerprint density at radius 3 is 2.54 bits per heavy atom. The monoisotopic (exact) mass is 378 g/mol. The van der Waals surface area contributed by atoms with Crippen molar-refractivity contribution in [1.29, 1.82) is 0 Å². The molecule has 0 aromatic heterocycles. The number of para-hydroxylation sites is 2. The first-order valence-corrected chi connectivity index (χ1v) is 9.93. The van der Waals surface area contributed by atoms with E-state index in [-0.39, 0.29) is 31.0 Å². The van der Waals surface area contributed by atoms with Gasteiger partial charge in [-0.2, -0.15) is 0 Å². The first-order valence-electron chi connectivity index (χ1n) is 9.93. The van der Waals surface area contributed by atoms with E-state index in [1.165, 1.54) is 5.56 Å². The lowest BCUT2D eigenvalue weighted by molar-refractivity contribution is -0.133. The van der Waals surface area contributed by atoms with Crippen LogP contribution in [0, 0.1) is 0 Å². The molecule has 0 atom stereocenters. The van der Waals surface area contributed by atoms with Gasteiger partial charge in [-0.25, -0.2) is 0 Å². The number of ether oxygens (including phenoxy) is 1. The summed E-state index contributed by atoms with van der Waals surface area (Å²) in [5.74, 6) is 0.948. The van der Waals surface area contributed by atoms with Crippen LogP contribution in [0.4, 0.5) is 5.69 Å². The quantitative estimate of drug-likeness (QED) is 0.770. The molecule has 0 unspecified atom stereocenters. The van der Waals surface area contributed by atoms with Gasteiger partial charge in [0.25, 0.3) is 5.91 Å². The van der Waals surface area contributed by atoms with E-state index in [1.807, 2.05) is 29.2 Å². The van der Waals surface area contributed by atoms with Gasteiger partial charge < -0.3 is 9.64 Å². The summed E-state index contributed by atoms with van der Waals surface area (Å²) in [5.41, 5.74) is 3.09. The Morgan fingerprint density at radius 2 is 1.86 bits per heavy atom. The van der Waals surface area contributed by atoms with Crippen molar-refractivity contribution in [2.75, 3.05) is 18.1 Å². The molecule has 1 aliphatic carbocycles. The van der Waals surface area contributed by atoms with E-state index in [0.29, 0.717) is 23.9 Å². The molecule has 1 heterocycles. The zero-order chi connectivity index (χ0) is 19.7. The number of rotatable bonds is 6. The average molecular weight is 378 g/mol. The molecule has 0 saturated heterocycles. The van der Waals surface area contributed by atoms with Crippen LogP contribution in [0.1, 0.15) is 43.7 Å². The van der Waals surface area contributed by atoms with Crippen LogP contribution < -0.4 is 9.64 Å². The summed E-state index contributed by atoms with van der Waals surface area (Å²) in [4.78, 5) is 29.0. The van der Waals surface area contributed by atoms with Crippen LogP contribution in [0.25, 0.3) is 0 Å². The highest BCUT2D eigenvalue weighted by Gasteiger charge is 2.35. The second-order valence-electron chi connectivity index (χ2n) is 7.89. The third kappa shape index (κ3) is 3.88. The van der Waals surface area contributed by atoms with Crippen molar-refractivity contribution in [2.24, 2.45) is 0 Å². The van der Waals surface area contributed by atoms with Crippen LogP contribution in [-0.4, -0.2) is 35.9 Å². The van der Waals surface area contributed by atoms with Gasteiger partial charge in [-0.15, -0.1) is 0 Å². The molecule has 5 nitrogen and oxygen atoms in total. The highest BCUT2D eigenvalue weighted by Crippen LogP contribution is 2.33. The lowest BCUT2D eigenvalue weighted by Crippen LogP contribution is -2.46. The fourth-order valence-electron chi connectivity index (χ4n) is 3.57. The summed E-state index contributed by atoms with van der Waals surface area (Å²) in [7, 11) is 0. The van der Waals surface area contributed by atoms with Crippen molar-refractivity contribution in [1.82, 2.24) is 4.90 Å². The molecular formula is C23H26N2O3. The maximum absolute atomic E-state index is 13.1. The molecule has 0 radical (unpaired) electrons. The average Bonchev–Trinajstić information content (AvgIpc) is 3.53. The number of hydrogen-bond donors (Lipinski definition) is 0. The summed E-state index contributed by atoms with van der Waals surface area (Å²) in [6.45, 7) is 4.96. The van der Waals surface area contributed by atoms with Crippen LogP contribution in [0.3, 0.4) is 0 Å². The van der Waals surface area contributed by atoms with Crippen LogP contribution in [0.15, 0.2) is 48.5 Å². The van der Waals surface area contributed by atoms with Crippen molar-refractivity contribution in [2.45, 2.75) is 45.2 Å². The first-order chi connectivity index (χ1) is 13.5. The molecule has 1 fully saturated rings. The van der Waals surface area contributed by atoms with Crippen molar-refractivity contribution >= 4 is 17.5 Å². The van der Waals surface area contributed by atoms with Crippen LogP contribution in [-0.2, 0) is 16.1 Å². The fraction of sp³-hybridized carbons (Fsp3) is 0.391. The molecular weight excluding hydrogens is 352 g/mol. The smallest absolute Gasteiger partial charge is 0.265 e. The van der Waals surface area contributed by atoms with Gasteiger partial charge in [0.2, 0.25) is 5.91 Å². The topological polar surface area (TPSA) is 49.9 Å². The van der Waals surface area contributed by atoms with E-state index in [4.69, 9.17) is 4.74 Å². The number of benzene rings is 2. The van der Waals surface area contributed by atoms with Gasteiger partial charge in [-0.1, -0.05) is 50.2 Å². The first kappa shape index (κ1) is 18.5. The summed E-state index contributed by atoms with van der Waals surface area (Å²) >= 11 is 0. The molecule has 1 saturated carbocycles. The Labute approximate surface area is 165 Å². The van der Waals surface area contributed by atoms with Gasteiger partial charge >= 0.3 is 0 Å². The second-order valence-corrected chi connectivity index (χ2v) is 7.89. The van der Waals surface area contributed by atoms with Crippen molar-refractivity contribution < 1.29 is 14.3 Å². The molecule has 0 bridgehead atoms. The molecule has 1 aliphatic heterocycles. The molecule has 2 amide bonds. The summed E-state index contributed by atoms with van der Waals surface area (Å²) in [5, 5.41) is 0. The second kappa shape index (κ2) is 7.66. The van der Waals surface area contributed by atoms with Gasteiger partial charge in [-0.3, -0.25) is 14.5 Å². The molecule has 146 valence electrons. The number of amides is 2. The summed E-state index contributed by atoms with van der Waals surface area (Å²) in [6, 6.07) is 16.1. The van der Waals surface area contributed by atoms with Gasteiger partial charge in [0.05, 0.1) is 5.69 Å². The maximum Gasteiger partial charge on any atom is 0.265 e. The third-order valence-corrected chi connectivity index (χ3v) is 5.41. The SMILES string of the molecule is CC(C)c1ccc(CN(C(=O)CN2C(=O)COc3ccccc32)C2CC2)cc1. The fourth-order valence-corrected chi connectivity index (χ4v) is 3.57. The Balaban J connectivity index is 1.49. The normalized spacial score (nSPS) is 16.0. The molecule has 0 spiro atoms. The van der Waals surface area contributed by atoms with Crippen molar-refractivity contribution in [3.63, 3.8) is 0 Å². The minimum Gasteiger partial charge on any atom is -0.482 e. The minimum absolute atomic E-state index is 0.0134. The van der Waals surface area contributed by atoms with Gasteiger partial charge in [0, 0.05) is 12.6 Å². The highest BCUT2D eigenvalue weighted by atomic mass is 16.5. The Hall–Kier alpha value is -2.82. The standard InChI is InChI=1S/C23H26N2O3/c1-16(2)18-9-7-17(8-10-18)13-24(19-11-12-19)22(26)14-25-20-5-3-4-6-21(20)28-15-23(25)27/h3-10,16,19H,11-15H2,1-2H3. The van der Waals surface area contributed by atoms with Crippen molar-refractivity contribution in [3.05, 3.63) is 59.7 Å². The van der Waals surface area contributed by atoms with Crippen LogP contribution in [0.5, 0.6) is 5.75 Å². The largest absolute Gasteiger partial charge is 0.482 e. The van der Waals surface area contributed by atoms with Gasteiger partial charge in [-0.05, 0) is 42.0 Å². The van der Waals surface area contributed by atoms with E-state index >= 15 is 0 Å². The number of fused-ring (bicyclic) bond motifs is 1. The molecule has 5 heteroatoms. The lowest BCUT2D eigenvalue weighted by Gasteiger charge is -2.31. The predicted octanol–water partition coefficient (Wildman–Crippen LogP) is 3.73. The summed E-state index contributed by atoms with van der Waals surface area (Å²) in [6.07, 6.45) is 2.06. The molecule has 2 aromatic rings. The van der Waals surface area contributed by atoms with E-state index < -0.39 is 0 Å². The molecule has 0 N–H and O–H groups in total. The van der Waals surface area contributed by atoms with Crippen molar-refractivity contribution in [3.8, 4) is 5.75 Å². The third-order valence-electron chi connectivity index (χ3n) is 5.41. The molecule has 2 aromatic carbocycles. The highest BCUT2D eigenvalue weighted by molar-refractivity contribution is 6.02. The van der Waals surface area contributed by atoms with Gasteiger partial charge in [0.15, 0.2) is 6.61 Å². The predicted molar refractivity (Wildman–Crippen MR) is 108 cm³/mol. The number of anilines is 1. The number of hydrogen-bond acceptors (Lipinski definition) is 3. The van der Waals surface area contributed by atoms with E-state index in [2.05, 4.69) is 38.1 Å². The molecule has 2 aliphatic rings. The summed E-state index contributed by atoms with van der Waals surface area (Å²) < 4.78 is 5.48. The zero-order valence-corrected chi connectivity index (χ0v) is 16.4. The Kier molecular flexibility index (Phi) is 5.07. The van der Waals surface area contributed by atoms with Crippen LogP contribution >= 0.6 is 0 Å².